The van der Waals surface area contributed by atoms with E-state index in [9.17, 15) is 19.8 Å². The van der Waals surface area contributed by atoms with Crippen molar-refractivity contribution in [3.63, 3.8) is 0 Å². The number of benzene rings is 1. The average molecular weight is 346 g/mol. The Morgan fingerprint density at radius 3 is 1.61 bits per heavy atom. The Labute approximate surface area is 138 Å². The van der Waals surface area contributed by atoms with Crippen LogP contribution in [-0.4, -0.2) is 37.3 Å². The van der Waals surface area contributed by atoms with Crippen molar-refractivity contribution in [2.75, 3.05) is 6.61 Å². The number of aliphatic hydroxyl groups excluding tert-OH is 2. The third-order valence-electron chi connectivity index (χ3n) is 4.02. The van der Waals surface area contributed by atoms with Crippen molar-refractivity contribution in [3.05, 3.63) is 29.3 Å². The fraction of sp³-hybridized carbons (Fsp3) is 0.647. The van der Waals surface area contributed by atoms with E-state index in [1.165, 1.54) is 0 Å². The van der Waals surface area contributed by atoms with E-state index in [1.54, 1.807) is 12.1 Å². The van der Waals surface area contributed by atoms with Gasteiger partial charge in [0.2, 0.25) is 0 Å². The van der Waals surface area contributed by atoms with Gasteiger partial charge in [0.15, 0.2) is 0 Å². The van der Waals surface area contributed by atoms with Crippen LogP contribution in [0.4, 0.5) is 0 Å². The minimum absolute atomic E-state index is 0.0134. The zero-order valence-corrected chi connectivity index (χ0v) is 15.8. The van der Waals surface area contributed by atoms with Crippen molar-refractivity contribution >= 4 is 12.6 Å². The SMILES string of the molecule is CC(C)(C)c1cccc(C(C)(C)C)c1P(O)(O)(O)C(O)CCO. The molecule has 1 atom stereocenters. The molecule has 5 nitrogen and oxygen atoms in total. The number of aliphatic hydroxyl groups is 2. The van der Waals surface area contributed by atoms with Gasteiger partial charge in [-0.25, -0.2) is 0 Å². The van der Waals surface area contributed by atoms with E-state index < -0.39 is 30.6 Å². The maximum absolute atomic E-state index is 10.8. The van der Waals surface area contributed by atoms with Gasteiger partial charge in [0.05, 0.1) is 0 Å². The molecule has 1 rings (SSSR count). The van der Waals surface area contributed by atoms with Crippen molar-refractivity contribution in [2.45, 2.75) is 64.6 Å². The summed E-state index contributed by atoms with van der Waals surface area (Å²) in [6.07, 6.45) is -0.316. The van der Waals surface area contributed by atoms with Gasteiger partial charge in [-0.2, -0.15) is 0 Å². The Morgan fingerprint density at radius 2 is 1.30 bits per heavy atom. The van der Waals surface area contributed by atoms with Crippen molar-refractivity contribution in [3.8, 4) is 0 Å². The summed E-state index contributed by atoms with van der Waals surface area (Å²) in [7, 11) is -5.61. The van der Waals surface area contributed by atoms with Gasteiger partial charge < -0.3 is 0 Å². The van der Waals surface area contributed by atoms with Crippen LogP contribution in [0.3, 0.4) is 0 Å². The van der Waals surface area contributed by atoms with Crippen LogP contribution in [0.25, 0.3) is 0 Å². The Hall–Kier alpha value is -0.550. The molecular weight excluding hydrogens is 315 g/mol. The minimum atomic E-state index is -5.61. The summed E-state index contributed by atoms with van der Waals surface area (Å²) in [5, 5.41) is 19.3. The van der Waals surface area contributed by atoms with Crippen molar-refractivity contribution < 1.29 is 24.9 Å². The molecule has 0 spiro atoms. The molecule has 0 aliphatic carbocycles. The molecule has 1 aromatic rings. The molecule has 0 aliphatic rings. The molecule has 6 heteroatoms. The van der Waals surface area contributed by atoms with Crippen LogP contribution < -0.4 is 5.30 Å². The van der Waals surface area contributed by atoms with E-state index >= 15 is 0 Å². The molecule has 0 radical (unpaired) electrons. The first-order valence-corrected chi connectivity index (χ1v) is 9.97. The van der Waals surface area contributed by atoms with Crippen LogP contribution in [0.15, 0.2) is 18.2 Å². The van der Waals surface area contributed by atoms with E-state index in [2.05, 4.69) is 0 Å². The molecule has 0 aliphatic heterocycles. The van der Waals surface area contributed by atoms with Gasteiger partial charge in [-0.1, -0.05) is 0 Å². The van der Waals surface area contributed by atoms with Crippen LogP contribution >= 0.6 is 7.28 Å². The molecule has 134 valence electrons. The number of hydrogen-bond acceptors (Lipinski definition) is 5. The molecule has 1 unspecified atom stereocenters. The summed E-state index contributed by atoms with van der Waals surface area (Å²) in [5.74, 6) is -1.82. The summed E-state index contributed by atoms with van der Waals surface area (Å²) < 4.78 is 0. The molecule has 23 heavy (non-hydrogen) atoms. The molecule has 0 bridgehead atoms. The van der Waals surface area contributed by atoms with Crippen LogP contribution in [0.5, 0.6) is 0 Å². The van der Waals surface area contributed by atoms with Gasteiger partial charge in [0.25, 0.3) is 0 Å². The third-order valence-corrected chi connectivity index (χ3v) is 6.71. The van der Waals surface area contributed by atoms with Crippen LogP contribution in [-0.2, 0) is 10.8 Å². The second-order valence-corrected chi connectivity index (χ2v) is 11.4. The van der Waals surface area contributed by atoms with E-state index in [0.717, 1.165) is 0 Å². The van der Waals surface area contributed by atoms with Gasteiger partial charge in [-0.3, -0.25) is 0 Å². The molecule has 0 fully saturated rings. The van der Waals surface area contributed by atoms with Crippen LogP contribution in [0.2, 0.25) is 0 Å². The van der Waals surface area contributed by atoms with Gasteiger partial charge in [0.1, 0.15) is 0 Å². The first kappa shape index (κ1) is 20.5. The zero-order valence-electron chi connectivity index (χ0n) is 14.9. The summed E-state index contributed by atoms with van der Waals surface area (Å²) in [6.45, 7) is 11.0. The monoisotopic (exact) mass is 346 g/mol. The first-order chi connectivity index (χ1) is 10.1. The van der Waals surface area contributed by atoms with E-state index in [4.69, 9.17) is 5.11 Å². The van der Waals surface area contributed by atoms with E-state index in [0.29, 0.717) is 11.1 Å². The van der Waals surface area contributed by atoms with Crippen LogP contribution in [0.1, 0.15) is 59.1 Å². The summed E-state index contributed by atoms with van der Waals surface area (Å²) >= 11 is 0. The standard InChI is InChI=1S/C17H31O5P/c1-16(2,3)12-8-7-9-13(17(4,5)6)15(12)23(20,21,22)14(19)10-11-18/h7-9,14,18-22H,10-11H2,1-6H3. The quantitative estimate of drug-likeness (QED) is 0.536. The summed E-state index contributed by atoms with van der Waals surface area (Å²) in [5.41, 5.74) is 0.221. The fourth-order valence-corrected chi connectivity index (χ4v) is 5.35. The van der Waals surface area contributed by atoms with Crippen molar-refractivity contribution in [1.29, 1.82) is 0 Å². The summed E-state index contributed by atoms with van der Waals surface area (Å²) in [6, 6.07) is 5.29. The average Bonchev–Trinajstić information content (AvgIpc) is 2.35. The molecular formula is C17H31O5P. The van der Waals surface area contributed by atoms with Gasteiger partial charge in [-0.05, 0) is 0 Å². The molecule has 0 saturated carbocycles. The molecule has 0 amide bonds. The van der Waals surface area contributed by atoms with Gasteiger partial charge >= 0.3 is 138 Å². The first-order valence-electron chi connectivity index (χ1n) is 7.81. The maximum atomic E-state index is 10.8. The van der Waals surface area contributed by atoms with Crippen molar-refractivity contribution in [2.24, 2.45) is 0 Å². The Bertz CT molecular complexity index is 529. The van der Waals surface area contributed by atoms with Crippen molar-refractivity contribution in [1.82, 2.24) is 0 Å². The molecule has 0 aromatic heterocycles. The van der Waals surface area contributed by atoms with Crippen LogP contribution in [0, 0.1) is 0 Å². The number of rotatable bonds is 4. The Kier molecular flexibility index (Phi) is 5.41. The fourth-order valence-electron chi connectivity index (χ4n) is 2.72. The zero-order chi connectivity index (χ0) is 18.3. The van der Waals surface area contributed by atoms with E-state index in [1.807, 2.05) is 47.6 Å². The second kappa shape index (κ2) is 6.07. The molecule has 0 saturated heterocycles. The topological polar surface area (TPSA) is 101 Å². The molecule has 0 heterocycles. The normalized spacial score (nSPS) is 16.7. The Morgan fingerprint density at radius 1 is 0.913 bits per heavy atom. The second-order valence-electron chi connectivity index (χ2n) is 8.24. The summed E-state index contributed by atoms with van der Waals surface area (Å²) in [4.78, 5) is 32.5. The Balaban J connectivity index is 3.86. The predicted molar refractivity (Wildman–Crippen MR) is 94.8 cm³/mol. The van der Waals surface area contributed by atoms with Gasteiger partial charge in [-0.15, -0.1) is 0 Å². The predicted octanol–water partition coefficient (Wildman–Crippen LogP) is 1.88. The van der Waals surface area contributed by atoms with Gasteiger partial charge in [0, 0.05) is 0 Å². The number of hydrogen-bond donors (Lipinski definition) is 5. The molecule has 5 N–H and O–H groups in total. The third kappa shape index (κ3) is 4.11. The molecule has 1 aromatic carbocycles. The van der Waals surface area contributed by atoms with E-state index in [-0.39, 0.29) is 11.7 Å².